The average Bonchev–Trinajstić information content (AvgIpc) is 3.32. The van der Waals surface area contributed by atoms with Gasteiger partial charge in [-0.2, -0.15) is 12.6 Å². The molecule has 4 aromatic rings. The fraction of sp³-hybridized carbons (Fsp3) is 0.233. The molecular formula is C30H30FN3O4S. The second-order valence-corrected chi connectivity index (χ2v) is 9.45. The lowest BCUT2D eigenvalue weighted by Gasteiger charge is -2.19. The SMILES string of the molecule is CCOc1ncc(C(=O)N[C@@H](CS)Cc2ccccc2C)n1Cc1ccc(-c2ccccc2C(=O)O)cc1F. The molecule has 7 nitrogen and oxygen atoms in total. The Hall–Kier alpha value is -4.11. The molecular weight excluding hydrogens is 517 g/mol. The number of carbonyl (C=O) groups is 2. The molecule has 1 amide bonds. The summed E-state index contributed by atoms with van der Waals surface area (Å²) >= 11 is 4.44. The van der Waals surface area contributed by atoms with E-state index in [1.54, 1.807) is 37.3 Å². The Morgan fingerprint density at radius 2 is 1.85 bits per heavy atom. The predicted molar refractivity (Wildman–Crippen MR) is 151 cm³/mol. The molecule has 4 rings (SSSR count). The summed E-state index contributed by atoms with van der Waals surface area (Å²) in [7, 11) is 0. The standard InChI is InChI=1S/C30H30FN3O4S/c1-3-38-30-32-16-27(28(35)33-23(18-39)14-20-9-5-4-8-19(20)2)34(30)17-22-13-12-21(15-26(22)31)24-10-6-7-11-25(24)29(36)37/h4-13,15-16,23,39H,3,14,17-18H2,1-2H3,(H,33,35)(H,36,37)/t23-/m1/s1. The Labute approximate surface area is 232 Å². The van der Waals surface area contributed by atoms with Crippen molar-refractivity contribution in [3.05, 3.63) is 107 Å². The zero-order valence-corrected chi connectivity index (χ0v) is 22.6. The van der Waals surface area contributed by atoms with Gasteiger partial charge in [0.2, 0.25) is 0 Å². The van der Waals surface area contributed by atoms with Crippen LogP contribution in [-0.2, 0) is 13.0 Å². The number of nitrogens with zero attached hydrogens (tertiary/aromatic N) is 2. The van der Waals surface area contributed by atoms with E-state index in [-0.39, 0.29) is 35.8 Å². The predicted octanol–water partition coefficient (Wildman–Crippen LogP) is 5.41. The first-order valence-electron chi connectivity index (χ1n) is 12.6. The van der Waals surface area contributed by atoms with Crippen LogP contribution in [-0.4, -0.2) is 44.9 Å². The minimum absolute atomic E-state index is 0.00584. The van der Waals surface area contributed by atoms with Crippen LogP contribution in [0, 0.1) is 12.7 Å². The van der Waals surface area contributed by atoms with E-state index in [2.05, 4.69) is 22.9 Å². The largest absolute Gasteiger partial charge is 0.478 e. The van der Waals surface area contributed by atoms with Crippen LogP contribution in [0.2, 0.25) is 0 Å². The van der Waals surface area contributed by atoms with Crippen LogP contribution in [0.15, 0.2) is 72.9 Å². The van der Waals surface area contributed by atoms with Gasteiger partial charge in [0.05, 0.1) is 24.9 Å². The summed E-state index contributed by atoms with van der Waals surface area (Å²) in [5, 5.41) is 12.5. The van der Waals surface area contributed by atoms with Crippen molar-refractivity contribution in [1.82, 2.24) is 14.9 Å². The molecule has 0 aliphatic carbocycles. The number of benzene rings is 3. The lowest BCUT2D eigenvalue weighted by molar-refractivity contribution is 0.0697. The van der Waals surface area contributed by atoms with Gasteiger partial charge in [-0.05, 0) is 54.7 Å². The molecule has 1 atom stereocenters. The normalized spacial score (nSPS) is 11.7. The third-order valence-corrected chi connectivity index (χ3v) is 6.90. The summed E-state index contributed by atoms with van der Waals surface area (Å²) in [6.45, 7) is 4.13. The van der Waals surface area contributed by atoms with E-state index in [9.17, 15) is 14.7 Å². The third-order valence-electron chi connectivity index (χ3n) is 6.46. The summed E-state index contributed by atoms with van der Waals surface area (Å²) in [5.74, 6) is -1.57. The lowest BCUT2D eigenvalue weighted by Crippen LogP contribution is -2.39. The molecule has 0 fully saturated rings. The average molecular weight is 548 g/mol. The summed E-state index contributed by atoms with van der Waals surface area (Å²) in [5.41, 5.74) is 3.72. The highest BCUT2D eigenvalue weighted by Gasteiger charge is 2.22. The Bertz CT molecular complexity index is 1490. The van der Waals surface area contributed by atoms with Crippen molar-refractivity contribution in [2.45, 2.75) is 32.9 Å². The van der Waals surface area contributed by atoms with Gasteiger partial charge < -0.3 is 15.2 Å². The van der Waals surface area contributed by atoms with Gasteiger partial charge in [0.15, 0.2) is 0 Å². The van der Waals surface area contributed by atoms with Gasteiger partial charge >= 0.3 is 5.97 Å². The number of hydrogen-bond donors (Lipinski definition) is 3. The van der Waals surface area contributed by atoms with Crippen molar-refractivity contribution >= 4 is 24.5 Å². The van der Waals surface area contributed by atoms with Crippen LogP contribution in [0.5, 0.6) is 6.01 Å². The number of hydrogen-bond acceptors (Lipinski definition) is 5. The first kappa shape index (κ1) is 27.9. The van der Waals surface area contributed by atoms with E-state index in [1.165, 1.54) is 22.9 Å². The summed E-state index contributed by atoms with van der Waals surface area (Å²) in [6.07, 6.45) is 2.03. The molecule has 0 aliphatic rings. The zero-order valence-electron chi connectivity index (χ0n) is 21.7. The molecule has 0 unspecified atom stereocenters. The topological polar surface area (TPSA) is 93.5 Å². The first-order chi connectivity index (χ1) is 18.8. The van der Waals surface area contributed by atoms with E-state index < -0.39 is 11.8 Å². The van der Waals surface area contributed by atoms with Gasteiger partial charge in [-0.25, -0.2) is 14.2 Å². The molecule has 0 saturated carbocycles. The maximum atomic E-state index is 15.3. The smallest absolute Gasteiger partial charge is 0.336 e. The van der Waals surface area contributed by atoms with E-state index in [0.717, 1.165) is 11.1 Å². The molecule has 202 valence electrons. The van der Waals surface area contributed by atoms with Crippen LogP contribution < -0.4 is 10.1 Å². The highest BCUT2D eigenvalue weighted by atomic mass is 32.1. The minimum atomic E-state index is -1.09. The monoisotopic (exact) mass is 547 g/mol. The number of aryl methyl sites for hydroxylation is 1. The fourth-order valence-electron chi connectivity index (χ4n) is 4.40. The molecule has 1 aromatic heterocycles. The van der Waals surface area contributed by atoms with E-state index in [4.69, 9.17) is 4.74 Å². The van der Waals surface area contributed by atoms with Crippen molar-refractivity contribution < 1.29 is 23.8 Å². The number of carbonyl (C=O) groups excluding carboxylic acids is 1. The van der Waals surface area contributed by atoms with Crippen molar-refractivity contribution in [2.75, 3.05) is 12.4 Å². The molecule has 0 radical (unpaired) electrons. The van der Waals surface area contributed by atoms with Crippen LogP contribution in [0.25, 0.3) is 11.1 Å². The van der Waals surface area contributed by atoms with E-state index >= 15 is 4.39 Å². The molecule has 1 heterocycles. The molecule has 0 spiro atoms. The maximum absolute atomic E-state index is 15.3. The number of aromatic nitrogens is 2. The molecule has 9 heteroatoms. The molecule has 0 aliphatic heterocycles. The number of aromatic carboxylic acids is 1. The van der Waals surface area contributed by atoms with E-state index in [1.807, 2.05) is 31.2 Å². The third kappa shape index (κ3) is 6.49. The van der Waals surface area contributed by atoms with Crippen molar-refractivity contribution in [1.29, 1.82) is 0 Å². The highest BCUT2D eigenvalue weighted by Crippen LogP contribution is 2.27. The van der Waals surface area contributed by atoms with Gasteiger partial charge in [-0.1, -0.05) is 54.6 Å². The number of rotatable bonds is 11. The molecule has 0 bridgehead atoms. The summed E-state index contributed by atoms with van der Waals surface area (Å²) in [4.78, 5) is 29.2. The minimum Gasteiger partial charge on any atom is -0.478 e. The molecule has 3 aromatic carbocycles. The second kappa shape index (κ2) is 12.6. The highest BCUT2D eigenvalue weighted by molar-refractivity contribution is 7.80. The number of carboxylic acid groups (broad SMARTS) is 1. The zero-order chi connectivity index (χ0) is 27.9. The number of thiol groups is 1. The van der Waals surface area contributed by atoms with Gasteiger partial charge in [-0.15, -0.1) is 0 Å². The molecule has 39 heavy (non-hydrogen) atoms. The van der Waals surface area contributed by atoms with Gasteiger partial charge in [-0.3, -0.25) is 9.36 Å². The molecule has 2 N–H and O–H groups in total. The van der Waals surface area contributed by atoms with E-state index in [0.29, 0.717) is 35.5 Å². The van der Waals surface area contributed by atoms with Gasteiger partial charge in [0.25, 0.3) is 11.9 Å². The number of imidazole rings is 1. The van der Waals surface area contributed by atoms with Gasteiger partial charge in [0, 0.05) is 17.4 Å². The molecule has 0 saturated heterocycles. The van der Waals surface area contributed by atoms with Crippen molar-refractivity contribution in [3.8, 4) is 17.1 Å². The summed E-state index contributed by atoms with van der Waals surface area (Å²) < 4.78 is 22.5. The fourth-order valence-corrected chi connectivity index (χ4v) is 4.62. The number of nitrogens with one attached hydrogen (secondary N) is 1. The quantitative estimate of drug-likeness (QED) is 0.218. The van der Waals surface area contributed by atoms with Crippen LogP contribution in [0.4, 0.5) is 4.39 Å². The number of amides is 1. The number of ether oxygens (including phenoxy) is 1. The van der Waals surface area contributed by atoms with Crippen molar-refractivity contribution in [2.24, 2.45) is 0 Å². The Morgan fingerprint density at radius 3 is 2.54 bits per heavy atom. The second-order valence-electron chi connectivity index (χ2n) is 9.09. The van der Waals surface area contributed by atoms with Crippen LogP contribution >= 0.6 is 12.6 Å². The lowest BCUT2D eigenvalue weighted by atomic mass is 9.98. The van der Waals surface area contributed by atoms with Gasteiger partial charge in [0.1, 0.15) is 11.5 Å². The van der Waals surface area contributed by atoms with Crippen LogP contribution in [0.1, 0.15) is 44.5 Å². The van der Waals surface area contributed by atoms with Crippen LogP contribution in [0.3, 0.4) is 0 Å². The number of halogens is 1. The van der Waals surface area contributed by atoms with Crippen molar-refractivity contribution in [3.63, 3.8) is 0 Å². The maximum Gasteiger partial charge on any atom is 0.336 e. The Morgan fingerprint density at radius 1 is 1.10 bits per heavy atom. The Balaban J connectivity index is 1.59. The Kier molecular flexibility index (Phi) is 9.03. The number of carboxylic acids is 1. The first-order valence-corrected chi connectivity index (χ1v) is 13.2. The summed E-state index contributed by atoms with van der Waals surface area (Å²) in [6, 6.07) is 18.9.